The summed E-state index contributed by atoms with van der Waals surface area (Å²) in [5.74, 6) is 2.39. The molecular formula is C12H16N3O2P. The fourth-order valence-corrected chi connectivity index (χ4v) is 2.31. The van der Waals surface area contributed by atoms with Crippen LogP contribution in [0.15, 0.2) is 23.4 Å². The molecule has 0 saturated heterocycles. The van der Waals surface area contributed by atoms with Crippen molar-refractivity contribution in [3.05, 3.63) is 23.8 Å². The smallest absolute Gasteiger partial charge is 0.172 e. The van der Waals surface area contributed by atoms with E-state index in [4.69, 9.17) is 17.4 Å². The van der Waals surface area contributed by atoms with Crippen molar-refractivity contribution in [3.63, 3.8) is 0 Å². The molecule has 0 atom stereocenters. The minimum Gasteiger partial charge on any atom is -0.409 e. The fourth-order valence-electron chi connectivity index (χ4n) is 1.43. The molecular weight excluding hydrogens is 249 g/mol. The summed E-state index contributed by atoms with van der Waals surface area (Å²) in [5, 5.41) is 15.3. The molecule has 0 radical (unpaired) electrons. The van der Waals surface area contributed by atoms with Crippen LogP contribution in [0.4, 0.5) is 5.69 Å². The average Bonchev–Trinajstić information content (AvgIpc) is 2.34. The molecule has 0 amide bonds. The van der Waals surface area contributed by atoms with Gasteiger partial charge in [0.15, 0.2) is 5.84 Å². The first-order valence-corrected chi connectivity index (χ1v) is 7.85. The van der Waals surface area contributed by atoms with E-state index in [1.54, 1.807) is 31.5 Å². The monoisotopic (exact) mass is 265 g/mol. The Hall–Kier alpha value is -1.92. The summed E-state index contributed by atoms with van der Waals surface area (Å²) in [4.78, 5) is 0. The van der Waals surface area contributed by atoms with Crippen molar-refractivity contribution in [2.45, 2.75) is 0 Å². The second kappa shape index (κ2) is 5.61. The predicted octanol–water partition coefficient (Wildman–Crippen LogP) is 1.07. The molecule has 96 valence electrons. The van der Waals surface area contributed by atoms with Gasteiger partial charge in [0.05, 0.1) is 6.54 Å². The molecule has 0 saturated carbocycles. The summed E-state index contributed by atoms with van der Waals surface area (Å²) in [6, 6.07) is 5.11. The number of nitrogens with one attached hydrogen (secondary N) is 1. The molecule has 0 fully saturated rings. The molecule has 6 heteroatoms. The normalized spacial score (nSPS) is 11.9. The SMILES string of the molecule is C#CCNc1ccc(P(C)(C)=O)cc1C(N)=NO. The summed E-state index contributed by atoms with van der Waals surface area (Å²) in [6.07, 6.45) is 5.17. The molecule has 1 aromatic carbocycles. The summed E-state index contributed by atoms with van der Waals surface area (Å²) in [6.45, 7) is 3.64. The molecule has 0 unspecified atom stereocenters. The highest BCUT2D eigenvalue weighted by molar-refractivity contribution is 7.70. The molecule has 0 aromatic heterocycles. The first-order valence-electron chi connectivity index (χ1n) is 5.25. The topological polar surface area (TPSA) is 87.7 Å². The lowest BCUT2D eigenvalue weighted by Crippen LogP contribution is -2.19. The zero-order valence-electron chi connectivity index (χ0n) is 10.3. The van der Waals surface area contributed by atoms with Gasteiger partial charge in [-0.15, -0.1) is 6.42 Å². The number of anilines is 1. The number of nitrogens with two attached hydrogens (primary N) is 1. The number of hydrogen-bond acceptors (Lipinski definition) is 4. The highest BCUT2D eigenvalue weighted by Crippen LogP contribution is 2.35. The molecule has 18 heavy (non-hydrogen) atoms. The first-order chi connectivity index (χ1) is 8.40. The van der Waals surface area contributed by atoms with Gasteiger partial charge in [0.2, 0.25) is 0 Å². The standard InChI is InChI=1S/C12H16N3O2P/c1-4-7-14-11-6-5-9(18(2,3)17)8-10(11)12(13)15-16/h1,5-6,8,14,16H,7H2,2-3H3,(H2,13,15). The number of terminal acetylenes is 1. The van der Waals surface area contributed by atoms with Gasteiger partial charge < -0.3 is 20.8 Å². The van der Waals surface area contributed by atoms with Crippen LogP contribution in [0.25, 0.3) is 0 Å². The fraction of sp³-hybridized carbons (Fsp3) is 0.250. The average molecular weight is 265 g/mol. The van der Waals surface area contributed by atoms with Crippen molar-refractivity contribution >= 4 is 24.0 Å². The number of oxime groups is 1. The highest BCUT2D eigenvalue weighted by atomic mass is 31.2. The lowest BCUT2D eigenvalue weighted by molar-refractivity contribution is 0.318. The number of hydrogen-bond donors (Lipinski definition) is 3. The van der Waals surface area contributed by atoms with Gasteiger partial charge >= 0.3 is 0 Å². The minimum absolute atomic E-state index is 0.0511. The Kier molecular flexibility index (Phi) is 4.41. The lowest BCUT2D eigenvalue weighted by atomic mass is 10.1. The van der Waals surface area contributed by atoms with E-state index in [1.165, 1.54) is 0 Å². The highest BCUT2D eigenvalue weighted by Gasteiger charge is 2.15. The number of amidine groups is 1. The van der Waals surface area contributed by atoms with Crippen LogP contribution in [0.1, 0.15) is 5.56 Å². The van der Waals surface area contributed by atoms with Crippen LogP contribution in [0, 0.1) is 12.3 Å². The van der Waals surface area contributed by atoms with Gasteiger partial charge in [0, 0.05) is 16.6 Å². The lowest BCUT2D eigenvalue weighted by Gasteiger charge is -2.13. The van der Waals surface area contributed by atoms with E-state index in [-0.39, 0.29) is 5.84 Å². The van der Waals surface area contributed by atoms with E-state index in [0.29, 0.717) is 23.1 Å². The molecule has 0 bridgehead atoms. The molecule has 4 N–H and O–H groups in total. The van der Waals surface area contributed by atoms with E-state index in [1.807, 2.05) is 0 Å². The third-order valence-electron chi connectivity index (χ3n) is 2.39. The molecule has 0 aliphatic heterocycles. The molecule has 5 nitrogen and oxygen atoms in total. The first kappa shape index (κ1) is 14.1. The van der Waals surface area contributed by atoms with Crippen LogP contribution >= 0.6 is 7.14 Å². The Balaban J connectivity index is 3.30. The maximum Gasteiger partial charge on any atom is 0.172 e. The number of nitrogens with zero attached hydrogens (tertiary/aromatic N) is 1. The summed E-state index contributed by atoms with van der Waals surface area (Å²) < 4.78 is 12.0. The van der Waals surface area contributed by atoms with Gasteiger partial charge in [0.25, 0.3) is 0 Å². The molecule has 0 heterocycles. The van der Waals surface area contributed by atoms with Crippen molar-refractivity contribution in [1.29, 1.82) is 0 Å². The third-order valence-corrected chi connectivity index (χ3v) is 3.91. The van der Waals surface area contributed by atoms with E-state index in [9.17, 15) is 4.57 Å². The van der Waals surface area contributed by atoms with Crippen LogP contribution in [0.3, 0.4) is 0 Å². The maximum absolute atomic E-state index is 12.0. The van der Waals surface area contributed by atoms with Gasteiger partial charge in [-0.1, -0.05) is 11.1 Å². The zero-order chi connectivity index (χ0) is 13.8. The van der Waals surface area contributed by atoms with Crippen molar-refractivity contribution in [1.82, 2.24) is 0 Å². The van der Waals surface area contributed by atoms with E-state index in [0.717, 1.165) is 0 Å². The molecule has 1 aromatic rings. The second-order valence-corrected chi connectivity index (χ2v) is 7.34. The van der Waals surface area contributed by atoms with Crippen molar-refractivity contribution < 1.29 is 9.77 Å². The van der Waals surface area contributed by atoms with Crippen molar-refractivity contribution in [2.24, 2.45) is 10.9 Å². The van der Waals surface area contributed by atoms with Crippen LogP contribution in [0.2, 0.25) is 0 Å². The third kappa shape index (κ3) is 3.28. The summed E-state index contributed by atoms with van der Waals surface area (Å²) >= 11 is 0. The Labute approximate surface area is 106 Å². The predicted molar refractivity (Wildman–Crippen MR) is 75.4 cm³/mol. The van der Waals surface area contributed by atoms with Gasteiger partial charge in [-0.3, -0.25) is 0 Å². The van der Waals surface area contributed by atoms with Gasteiger partial charge in [-0.25, -0.2) is 0 Å². The molecule has 0 aliphatic carbocycles. The number of benzene rings is 1. The Morgan fingerprint density at radius 3 is 2.78 bits per heavy atom. The second-order valence-electron chi connectivity index (χ2n) is 4.12. The summed E-state index contributed by atoms with van der Waals surface area (Å²) in [5.41, 5.74) is 6.72. The van der Waals surface area contributed by atoms with Crippen LogP contribution in [0.5, 0.6) is 0 Å². The maximum atomic E-state index is 12.0. The Morgan fingerprint density at radius 1 is 1.61 bits per heavy atom. The summed E-state index contributed by atoms with van der Waals surface area (Å²) in [7, 11) is -2.40. The van der Waals surface area contributed by atoms with E-state index >= 15 is 0 Å². The van der Waals surface area contributed by atoms with Crippen LogP contribution in [-0.2, 0) is 4.57 Å². The van der Waals surface area contributed by atoms with Crippen molar-refractivity contribution in [3.8, 4) is 12.3 Å². The zero-order valence-corrected chi connectivity index (χ0v) is 11.2. The molecule has 1 rings (SSSR count). The van der Waals surface area contributed by atoms with E-state index < -0.39 is 7.14 Å². The van der Waals surface area contributed by atoms with E-state index in [2.05, 4.69) is 16.4 Å². The Bertz CT molecular complexity index is 555. The van der Waals surface area contributed by atoms with Gasteiger partial charge in [-0.05, 0) is 31.5 Å². The van der Waals surface area contributed by atoms with Crippen molar-refractivity contribution in [2.75, 3.05) is 25.2 Å². The quantitative estimate of drug-likeness (QED) is 0.190. The minimum atomic E-state index is -2.40. The Morgan fingerprint density at radius 2 is 2.28 bits per heavy atom. The number of rotatable bonds is 4. The molecule has 0 spiro atoms. The van der Waals surface area contributed by atoms with Crippen LogP contribution < -0.4 is 16.4 Å². The van der Waals surface area contributed by atoms with Gasteiger partial charge in [-0.2, -0.15) is 0 Å². The molecule has 0 aliphatic rings. The largest absolute Gasteiger partial charge is 0.409 e. The van der Waals surface area contributed by atoms with Crippen LogP contribution in [-0.4, -0.2) is 30.9 Å². The van der Waals surface area contributed by atoms with Gasteiger partial charge in [0.1, 0.15) is 7.14 Å².